The van der Waals surface area contributed by atoms with Crippen LogP contribution in [0.15, 0.2) is 0 Å². The van der Waals surface area contributed by atoms with Crippen molar-refractivity contribution in [3.63, 3.8) is 0 Å². The molecule has 2 aliphatic heterocycles. The van der Waals surface area contributed by atoms with Crippen LogP contribution in [0.1, 0.15) is 81.6 Å². The zero-order chi connectivity index (χ0) is 32.7. The summed E-state index contributed by atoms with van der Waals surface area (Å²) in [6, 6.07) is -0.811. The van der Waals surface area contributed by atoms with E-state index in [0.29, 0.717) is 25.8 Å². The lowest BCUT2D eigenvalue weighted by Crippen LogP contribution is -2.73. The monoisotopic (exact) mass is 632 g/mol. The number of hydrogen-bond acceptors (Lipinski definition) is 9. The Morgan fingerprint density at radius 3 is 2.12 bits per heavy atom. The second-order valence-corrected chi connectivity index (χ2v) is 15.0. The molecule has 0 aromatic rings. The molecule has 4 amide bonds. The van der Waals surface area contributed by atoms with Gasteiger partial charge in [0.25, 0.3) is 11.8 Å². The number of ether oxygens (including phenoxy) is 1. The number of hydrogen-bond donors (Lipinski definition) is 0. The van der Waals surface area contributed by atoms with Gasteiger partial charge in [-0.05, 0) is 65.7 Å². The van der Waals surface area contributed by atoms with Gasteiger partial charge in [0.2, 0.25) is 5.91 Å². The van der Waals surface area contributed by atoms with E-state index < -0.39 is 49.7 Å². The SMILES string of the molecule is CCOP(=O)(CC(=O)N1O[C@H](CC(C)C)C(=O)N2[C@@H]1CN(CCCN(C)C(=O)OC(C)(C)C)C(=O)[C@@H]2CC(C)C)OCC. The van der Waals surface area contributed by atoms with E-state index >= 15 is 0 Å². The van der Waals surface area contributed by atoms with Gasteiger partial charge in [0, 0.05) is 20.1 Å². The van der Waals surface area contributed by atoms with Gasteiger partial charge in [0.1, 0.15) is 17.8 Å². The number of fused-ring (bicyclic) bond motifs is 1. The smallest absolute Gasteiger partial charge is 0.410 e. The predicted molar refractivity (Wildman–Crippen MR) is 161 cm³/mol. The molecule has 13 nitrogen and oxygen atoms in total. The molecule has 2 rings (SSSR count). The lowest BCUT2D eigenvalue weighted by molar-refractivity contribution is -0.275. The molecular weight excluding hydrogens is 579 g/mol. The van der Waals surface area contributed by atoms with E-state index in [1.54, 1.807) is 46.6 Å². The summed E-state index contributed by atoms with van der Waals surface area (Å²) in [5.41, 5.74) is -0.632. The molecule has 2 heterocycles. The van der Waals surface area contributed by atoms with E-state index in [9.17, 15) is 23.7 Å². The van der Waals surface area contributed by atoms with Crippen molar-refractivity contribution in [2.24, 2.45) is 11.8 Å². The third-order valence-corrected chi connectivity index (χ3v) is 8.87. The highest BCUT2D eigenvalue weighted by molar-refractivity contribution is 7.54. The van der Waals surface area contributed by atoms with Gasteiger partial charge < -0.3 is 28.5 Å². The van der Waals surface area contributed by atoms with E-state index in [4.69, 9.17) is 18.6 Å². The van der Waals surface area contributed by atoms with E-state index in [1.165, 1.54) is 9.80 Å². The maximum absolute atomic E-state index is 13.9. The summed E-state index contributed by atoms with van der Waals surface area (Å²) in [5.74, 6) is -1.06. The molecule has 0 aromatic carbocycles. The molecule has 3 atom stereocenters. The van der Waals surface area contributed by atoms with Crippen molar-refractivity contribution in [2.75, 3.05) is 46.1 Å². The van der Waals surface area contributed by atoms with Crippen LogP contribution in [-0.2, 0) is 37.6 Å². The summed E-state index contributed by atoms with van der Waals surface area (Å²) < 4.78 is 29.4. The number of carbonyl (C=O) groups is 4. The maximum atomic E-state index is 13.9. The Balaban J connectivity index is 2.38. The minimum Gasteiger partial charge on any atom is -0.444 e. The number of nitrogens with zero attached hydrogens (tertiary/aromatic N) is 4. The van der Waals surface area contributed by atoms with Gasteiger partial charge in [-0.2, -0.15) is 5.06 Å². The number of hydroxylamine groups is 2. The Labute approximate surface area is 257 Å². The Morgan fingerprint density at radius 2 is 1.60 bits per heavy atom. The standard InChI is InChI=1S/C29H53N4O9P/c1-11-39-43(38,40-12-2)19-25(34)33-24-18-31(15-13-14-30(10)28(37)41-29(7,8)9)26(35)22(16-20(3)4)32(24)27(36)23(42-33)17-21(5)6/h20-24H,11-19H2,1-10H3/t22-,23+,24-/m0/s1. The Kier molecular flexibility index (Phi) is 13.5. The normalized spacial score (nSPS) is 21.5. The van der Waals surface area contributed by atoms with Gasteiger partial charge in [-0.15, -0.1) is 0 Å². The van der Waals surface area contributed by atoms with Crippen LogP contribution in [0, 0.1) is 11.8 Å². The fraction of sp³-hybridized carbons (Fsp3) is 0.862. The molecule has 0 bridgehead atoms. The molecule has 0 radical (unpaired) electrons. The molecule has 43 heavy (non-hydrogen) atoms. The topological polar surface area (TPSA) is 135 Å². The van der Waals surface area contributed by atoms with Gasteiger partial charge in [0.15, 0.2) is 12.3 Å². The van der Waals surface area contributed by atoms with Crippen LogP contribution in [0.25, 0.3) is 0 Å². The fourth-order valence-electron chi connectivity index (χ4n) is 5.17. The quantitative estimate of drug-likeness (QED) is 0.259. The molecular formula is C29H53N4O9P. The van der Waals surface area contributed by atoms with Crippen molar-refractivity contribution in [1.29, 1.82) is 0 Å². The molecule has 2 fully saturated rings. The highest BCUT2D eigenvalue weighted by atomic mass is 31.2. The summed E-state index contributed by atoms with van der Waals surface area (Å²) in [4.78, 5) is 64.4. The Hall–Kier alpha value is -2.21. The first-order valence-corrected chi connectivity index (χ1v) is 17.1. The first kappa shape index (κ1) is 37.0. The van der Waals surface area contributed by atoms with Crippen LogP contribution in [-0.4, -0.2) is 114 Å². The predicted octanol–water partition coefficient (Wildman–Crippen LogP) is 4.11. The molecule has 0 saturated carbocycles. The van der Waals surface area contributed by atoms with Crippen LogP contribution < -0.4 is 0 Å². The van der Waals surface area contributed by atoms with E-state index in [-0.39, 0.29) is 50.0 Å². The summed E-state index contributed by atoms with van der Waals surface area (Å²) in [7, 11) is -2.14. The number of rotatable bonds is 14. The van der Waals surface area contributed by atoms with Crippen LogP contribution >= 0.6 is 7.60 Å². The van der Waals surface area contributed by atoms with Crippen LogP contribution in [0.2, 0.25) is 0 Å². The van der Waals surface area contributed by atoms with Gasteiger partial charge >= 0.3 is 13.7 Å². The second-order valence-electron chi connectivity index (χ2n) is 13.0. The maximum Gasteiger partial charge on any atom is 0.410 e. The molecule has 0 spiro atoms. The van der Waals surface area contributed by atoms with Gasteiger partial charge in [-0.3, -0.25) is 23.8 Å². The summed E-state index contributed by atoms with van der Waals surface area (Å²) in [6.45, 7) is 17.3. The van der Waals surface area contributed by atoms with Crippen molar-refractivity contribution in [1.82, 2.24) is 19.8 Å². The summed E-state index contributed by atoms with van der Waals surface area (Å²) in [6.07, 6.45) is -1.75. The summed E-state index contributed by atoms with van der Waals surface area (Å²) >= 11 is 0. The van der Waals surface area contributed by atoms with E-state index in [0.717, 1.165) is 5.06 Å². The van der Waals surface area contributed by atoms with Crippen LogP contribution in [0.4, 0.5) is 4.79 Å². The average Bonchev–Trinajstić information content (AvgIpc) is 2.86. The molecule has 0 aromatic heterocycles. The highest BCUT2D eigenvalue weighted by Crippen LogP contribution is 2.48. The Morgan fingerprint density at radius 1 is 1.02 bits per heavy atom. The summed E-state index contributed by atoms with van der Waals surface area (Å²) in [5, 5.41) is 1.11. The first-order valence-electron chi connectivity index (χ1n) is 15.3. The van der Waals surface area contributed by atoms with Gasteiger partial charge in [-0.25, -0.2) is 4.79 Å². The van der Waals surface area contributed by atoms with Gasteiger partial charge in [0.05, 0.1) is 19.8 Å². The molecule has 14 heteroatoms. The lowest BCUT2D eigenvalue weighted by atomic mass is 9.95. The average molecular weight is 633 g/mol. The minimum absolute atomic E-state index is 0.00301. The minimum atomic E-state index is -3.77. The highest BCUT2D eigenvalue weighted by Gasteiger charge is 2.53. The molecule has 0 unspecified atom stereocenters. The molecule has 2 aliphatic rings. The molecule has 2 saturated heterocycles. The van der Waals surface area contributed by atoms with E-state index in [1.807, 2.05) is 27.7 Å². The fourth-order valence-corrected chi connectivity index (χ4v) is 6.68. The molecule has 0 aliphatic carbocycles. The van der Waals surface area contributed by atoms with Crippen molar-refractivity contribution in [3.8, 4) is 0 Å². The van der Waals surface area contributed by atoms with Crippen LogP contribution in [0.5, 0.6) is 0 Å². The number of carbonyl (C=O) groups excluding carboxylic acids is 4. The number of piperazine rings is 1. The van der Waals surface area contributed by atoms with E-state index in [2.05, 4.69) is 0 Å². The van der Waals surface area contributed by atoms with Crippen molar-refractivity contribution < 1.29 is 42.4 Å². The molecule has 0 N–H and O–H groups in total. The van der Waals surface area contributed by atoms with Crippen molar-refractivity contribution in [2.45, 2.75) is 105 Å². The first-order chi connectivity index (χ1) is 19.9. The van der Waals surface area contributed by atoms with Gasteiger partial charge in [-0.1, -0.05) is 27.7 Å². The third kappa shape index (κ3) is 10.4. The zero-order valence-corrected chi connectivity index (χ0v) is 28.6. The lowest BCUT2D eigenvalue weighted by Gasteiger charge is -2.53. The number of amides is 4. The third-order valence-electron chi connectivity index (χ3n) is 6.91. The zero-order valence-electron chi connectivity index (χ0n) is 27.7. The largest absolute Gasteiger partial charge is 0.444 e. The van der Waals surface area contributed by atoms with Crippen molar-refractivity contribution >= 4 is 31.4 Å². The second kappa shape index (κ2) is 15.7. The Bertz CT molecular complexity index is 1020. The molecule has 248 valence electrons. The van der Waals surface area contributed by atoms with Crippen molar-refractivity contribution in [3.05, 3.63) is 0 Å². The van der Waals surface area contributed by atoms with Crippen LogP contribution in [0.3, 0.4) is 0 Å².